The largest absolute Gasteiger partial charge is 0.310 e. The molecule has 0 aliphatic carbocycles. The third-order valence-electron chi connectivity index (χ3n) is 18.5. The summed E-state index contributed by atoms with van der Waals surface area (Å²) in [6, 6.07) is 94.9. The highest BCUT2D eigenvalue weighted by atomic mass is 15.2. The van der Waals surface area contributed by atoms with Gasteiger partial charge < -0.3 is 14.4 Å². The molecule has 16 rings (SSSR count). The van der Waals surface area contributed by atoms with Gasteiger partial charge >= 0.3 is 0 Å². The van der Waals surface area contributed by atoms with Crippen molar-refractivity contribution in [3.05, 3.63) is 313 Å². The highest BCUT2D eigenvalue weighted by molar-refractivity contribution is 7.00. The molecule has 0 bridgehead atoms. The fraction of sp³-hybridized carbons (Fsp3) is 0.0930. The molecule has 0 radical (unpaired) electrons. The summed E-state index contributed by atoms with van der Waals surface area (Å²) in [5.41, 5.74) is 29.9. The standard InChI is InChI=1S/C86H68BN3/c1-55-44-56(2)47-65(46-55)63-38-41-79-75(50-63)87-76-51-64(66-48-57(3)45-58(4)49-66)39-42-80(76)90(85-71(61-28-16-10-17-29-61)35-23-36-72(85)62-30-18-11-19-31-62)82-54-68(88-77-37-21-20-32-73(77)74-52-67(86(5,6)7)40-43-78(74)88)53-81(83(82)87)89(79)84-69(59-24-12-8-13-25-59)33-22-34-70(84)60-26-14-9-15-27-60/h8-54H,1-7H3/i20D,21D,32D,37D. The van der Waals surface area contributed by atoms with Crippen molar-refractivity contribution in [2.24, 2.45) is 0 Å². The van der Waals surface area contributed by atoms with Crippen LogP contribution in [0.1, 0.15) is 54.1 Å². The van der Waals surface area contributed by atoms with Crippen molar-refractivity contribution in [1.82, 2.24) is 4.57 Å². The van der Waals surface area contributed by atoms with Gasteiger partial charge in [-0.3, -0.25) is 0 Å². The Hall–Kier alpha value is -10.7. The summed E-state index contributed by atoms with van der Waals surface area (Å²) in [7, 11) is 0. The van der Waals surface area contributed by atoms with Gasteiger partial charge in [-0.05, 0) is 142 Å². The lowest BCUT2D eigenvalue weighted by Crippen LogP contribution is -2.61. The third kappa shape index (κ3) is 9.20. The van der Waals surface area contributed by atoms with Crippen LogP contribution in [-0.4, -0.2) is 11.3 Å². The van der Waals surface area contributed by atoms with Crippen molar-refractivity contribution in [3.8, 4) is 72.4 Å². The van der Waals surface area contributed by atoms with Crippen molar-refractivity contribution in [2.75, 3.05) is 9.80 Å². The third-order valence-corrected chi connectivity index (χ3v) is 18.5. The van der Waals surface area contributed by atoms with Crippen molar-refractivity contribution >= 4 is 79.0 Å². The number of rotatable bonds is 9. The van der Waals surface area contributed by atoms with E-state index in [9.17, 15) is 5.48 Å². The molecule has 2 aliphatic rings. The number of benzene rings is 13. The normalized spacial score (nSPS) is 13.2. The fourth-order valence-corrected chi connectivity index (χ4v) is 14.7. The van der Waals surface area contributed by atoms with E-state index in [0.29, 0.717) is 10.9 Å². The molecule has 430 valence electrons. The molecule has 1 aromatic heterocycles. The zero-order valence-electron chi connectivity index (χ0n) is 55.7. The number of aromatic nitrogens is 1. The van der Waals surface area contributed by atoms with Crippen LogP contribution in [0, 0.1) is 27.7 Å². The lowest BCUT2D eigenvalue weighted by molar-refractivity contribution is 0.591. The summed E-state index contributed by atoms with van der Waals surface area (Å²) >= 11 is 0. The van der Waals surface area contributed by atoms with Crippen LogP contribution in [0.15, 0.2) is 285 Å². The second kappa shape index (κ2) is 21.6. The van der Waals surface area contributed by atoms with Crippen LogP contribution in [0.4, 0.5) is 34.1 Å². The zero-order chi connectivity index (χ0) is 64.4. The van der Waals surface area contributed by atoms with Crippen molar-refractivity contribution in [1.29, 1.82) is 0 Å². The van der Waals surface area contributed by atoms with E-state index < -0.39 is 0 Å². The Morgan fingerprint density at radius 2 is 0.744 bits per heavy atom. The minimum absolute atomic E-state index is 0.0657. The molecule has 0 N–H and O–H groups in total. The van der Waals surface area contributed by atoms with Crippen LogP contribution in [0.3, 0.4) is 0 Å². The van der Waals surface area contributed by atoms with Crippen LogP contribution in [0.5, 0.6) is 0 Å². The summed E-state index contributed by atoms with van der Waals surface area (Å²) in [5.74, 6) is 0. The fourth-order valence-electron chi connectivity index (χ4n) is 14.7. The number of anilines is 6. The monoisotopic (exact) mass is 1160 g/mol. The van der Waals surface area contributed by atoms with Crippen LogP contribution < -0.4 is 26.2 Å². The molecule has 2 aliphatic heterocycles. The maximum atomic E-state index is 10.1. The second-order valence-corrected chi connectivity index (χ2v) is 25.7. The van der Waals surface area contributed by atoms with Gasteiger partial charge in [0.2, 0.25) is 0 Å². The molecule has 0 saturated heterocycles. The van der Waals surface area contributed by atoms with Crippen molar-refractivity contribution in [3.63, 3.8) is 0 Å². The lowest BCUT2D eigenvalue weighted by atomic mass is 9.33. The lowest BCUT2D eigenvalue weighted by Gasteiger charge is -2.46. The molecule has 0 unspecified atom stereocenters. The Labute approximate surface area is 535 Å². The second-order valence-electron chi connectivity index (χ2n) is 25.7. The maximum Gasteiger partial charge on any atom is 0.252 e. The van der Waals surface area contributed by atoms with Gasteiger partial charge in [-0.1, -0.05) is 286 Å². The Balaban J connectivity index is 1.14. The molecule has 4 heteroatoms. The predicted molar refractivity (Wildman–Crippen MR) is 385 cm³/mol. The molecular weight excluding hydrogens is 1090 g/mol. The first-order valence-electron chi connectivity index (χ1n) is 33.3. The Morgan fingerprint density at radius 3 is 1.16 bits per heavy atom. The molecular formula is C86H68BN3. The van der Waals surface area contributed by atoms with Gasteiger partial charge in [0.1, 0.15) is 0 Å². The minimum Gasteiger partial charge on any atom is -0.310 e. The summed E-state index contributed by atoms with van der Waals surface area (Å²) in [4.78, 5) is 5.09. The first kappa shape index (κ1) is 50.3. The van der Waals surface area contributed by atoms with E-state index in [0.717, 1.165) is 139 Å². The molecule has 0 amide bonds. The number of fused-ring (bicyclic) bond motifs is 7. The van der Waals surface area contributed by atoms with Gasteiger partial charge in [0.05, 0.1) is 33.6 Å². The van der Waals surface area contributed by atoms with Crippen LogP contribution in [0.2, 0.25) is 0 Å². The van der Waals surface area contributed by atoms with Gasteiger partial charge in [0.15, 0.2) is 0 Å². The highest BCUT2D eigenvalue weighted by Crippen LogP contribution is 2.54. The quantitative estimate of drug-likeness (QED) is 0.133. The van der Waals surface area contributed by atoms with Crippen molar-refractivity contribution in [2.45, 2.75) is 53.9 Å². The molecule has 0 saturated carbocycles. The van der Waals surface area contributed by atoms with E-state index in [1.165, 1.54) is 22.3 Å². The topological polar surface area (TPSA) is 11.4 Å². The average Bonchev–Trinajstić information content (AvgIpc) is 0.867. The Kier molecular flexibility index (Phi) is 12.1. The molecule has 90 heavy (non-hydrogen) atoms. The molecule has 3 nitrogen and oxygen atoms in total. The first-order valence-corrected chi connectivity index (χ1v) is 31.3. The van der Waals surface area contributed by atoms with E-state index in [1.807, 2.05) is 0 Å². The summed E-state index contributed by atoms with van der Waals surface area (Å²) in [5, 5.41) is 1.25. The van der Waals surface area contributed by atoms with E-state index in [4.69, 9.17) is 0 Å². The SMILES string of the molecule is [2H]c1c([2H])c([2H])c2c(c1[2H])c1cc(C(C)(C)C)ccc1n2-c1cc2c3c(c1)N(c1c(-c4ccccc4)cccc1-c1ccccc1)c1ccc(-c4cc(C)cc(C)c4)cc1B3c1cc(-c3cc(C)cc(C)c3)ccc1N2c1c(-c2ccccc2)cccc1-c1ccccc1. The maximum absolute atomic E-state index is 10.1. The smallest absolute Gasteiger partial charge is 0.252 e. The summed E-state index contributed by atoms with van der Waals surface area (Å²) < 4.78 is 40.8. The number of hydrogen-bond donors (Lipinski definition) is 0. The number of para-hydroxylation sites is 3. The summed E-state index contributed by atoms with van der Waals surface area (Å²) in [6.07, 6.45) is 0. The number of aryl methyl sites for hydroxylation is 4. The Bertz CT molecular complexity index is 4990. The zero-order valence-corrected chi connectivity index (χ0v) is 51.7. The van der Waals surface area contributed by atoms with E-state index in [-0.39, 0.29) is 36.3 Å². The Morgan fingerprint density at radius 1 is 0.333 bits per heavy atom. The van der Waals surface area contributed by atoms with Crippen LogP contribution in [-0.2, 0) is 5.41 Å². The summed E-state index contributed by atoms with van der Waals surface area (Å²) in [6.45, 7) is 15.0. The minimum atomic E-state index is -0.355. The van der Waals surface area contributed by atoms with Crippen molar-refractivity contribution < 1.29 is 5.48 Å². The van der Waals surface area contributed by atoms with Crippen LogP contribution >= 0.6 is 0 Å². The van der Waals surface area contributed by atoms with E-state index >= 15 is 0 Å². The molecule has 0 fully saturated rings. The molecule has 0 spiro atoms. The average molecular weight is 1160 g/mol. The highest BCUT2D eigenvalue weighted by Gasteiger charge is 2.46. The molecule has 3 heterocycles. The first-order chi connectivity index (χ1) is 45.6. The predicted octanol–water partition coefficient (Wildman–Crippen LogP) is 21.4. The number of nitrogens with zero attached hydrogens (tertiary/aromatic N) is 3. The number of hydrogen-bond acceptors (Lipinski definition) is 2. The van der Waals surface area contributed by atoms with Gasteiger partial charge in [0.25, 0.3) is 6.71 Å². The van der Waals surface area contributed by atoms with Gasteiger partial charge in [-0.25, -0.2) is 0 Å². The molecule has 0 atom stereocenters. The van der Waals surface area contributed by atoms with E-state index in [1.54, 1.807) is 0 Å². The molecule has 13 aromatic carbocycles. The molecule has 14 aromatic rings. The van der Waals surface area contributed by atoms with Gasteiger partial charge in [0, 0.05) is 55.8 Å². The van der Waals surface area contributed by atoms with Crippen LogP contribution in [0.25, 0.3) is 94.3 Å². The van der Waals surface area contributed by atoms with Gasteiger partial charge in [-0.15, -0.1) is 0 Å². The van der Waals surface area contributed by atoms with E-state index in [2.05, 4.69) is 324 Å². The van der Waals surface area contributed by atoms with Gasteiger partial charge in [-0.2, -0.15) is 0 Å².